The molecule has 0 unspecified atom stereocenters. The quantitative estimate of drug-likeness (QED) is 0.703. The van der Waals surface area contributed by atoms with E-state index >= 15 is 0 Å². The monoisotopic (exact) mass is 377 g/mol. The highest BCUT2D eigenvalue weighted by atomic mass is 32.2. The van der Waals surface area contributed by atoms with Crippen molar-refractivity contribution in [2.45, 2.75) is 19.2 Å². The largest absolute Gasteiger partial charge is 0.478 e. The summed E-state index contributed by atoms with van der Waals surface area (Å²) in [4.78, 5) is 11.3. The van der Waals surface area contributed by atoms with Crippen molar-refractivity contribution in [3.8, 4) is 5.69 Å². The van der Waals surface area contributed by atoms with Crippen LogP contribution in [0, 0.1) is 13.8 Å². The summed E-state index contributed by atoms with van der Waals surface area (Å²) in [5, 5.41) is 14.8. The number of aromatic nitrogens is 1. The number of aryl methyl sites for hydroxylation is 1. The molecule has 0 radical (unpaired) electrons. The Morgan fingerprint density at radius 2 is 1.89 bits per heavy atom. The summed E-state index contributed by atoms with van der Waals surface area (Å²) in [6.45, 7) is 4.08. The Hall–Kier alpha value is -2.99. The van der Waals surface area contributed by atoms with Crippen molar-refractivity contribution < 1.29 is 9.90 Å². The van der Waals surface area contributed by atoms with Gasteiger partial charge in [0.15, 0.2) is 0 Å². The topological polar surface area (TPSA) is 66.6 Å². The number of thioether (sulfide) groups is 1. The number of nitrogens with zero attached hydrogens (tertiary/aromatic N) is 2. The average Bonchev–Trinajstić information content (AvgIpc) is 3.27. The molecule has 0 aliphatic carbocycles. The zero-order valence-electron chi connectivity index (χ0n) is 15.0. The van der Waals surface area contributed by atoms with E-state index in [1.54, 1.807) is 30.0 Å². The number of carbonyl (C=O) groups is 1. The van der Waals surface area contributed by atoms with Crippen molar-refractivity contribution in [3.63, 3.8) is 0 Å². The van der Waals surface area contributed by atoms with Crippen LogP contribution in [-0.2, 0) is 0 Å². The number of hydrazone groups is 1. The molecule has 1 aliphatic rings. The molecule has 0 bridgehead atoms. The molecule has 0 amide bonds. The van der Waals surface area contributed by atoms with E-state index in [0.717, 1.165) is 33.2 Å². The summed E-state index contributed by atoms with van der Waals surface area (Å²) >= 11 is 1.69. The molecule has 4 rings (SSSR count). The van der Waals surface area contributed by atoms with E-state index in [2.05, 4.69) is 40.2 Å². The second kappa shape index (κ2) is 6.96. The van der Waals surface area contributed by atoms with Gasteiger partial charge in [0.1, 0.15) is 10.4 Å². The van der Waals surface area contributed by atoms with Crippen molar-refractivity contribution in [1.82, 2.24) is 9.99 Å². The van der Waals surface area contributed by atoms with Crippen LogP contribution in [0.2, 0.25) is 0 Å². The van der Waals surface area contributed by atoms with E-state index in [-0.39, 0.29) is 10.9 Å². The summed E-state index contributed by atoms with van der Waals surface area (Å²) in [5.41, 5.74) is 8.73. The maximum atomic E-state index is 11.3. The summed E-state index contributed by atoms with van der Waals surface area (Å²) in [5.74, 6) is -0.923. The highest BCUT2D eigenvalue weighted by Gasteiger charge is 2.26. The van der Waals surface area contributed by atoms with E-state index in [9.17, 15) is 9.90 Å². The highest BCUT2D eigenvalue weighted by molar-refractivity contribution is 8.14. The predicted molar refractivity (Wildman–Crippen MR) is 109 cm³/mol. The van der Waals surface area contributed by atoms with E-state index in [0.29, 0.717) is 0 Å². The first kappa shape index (κ1) is 17.4. The first-order valence-electron chi connectivity index (χ1n) is 8.62. The van der Waals surface area contributed by atoms with Crippen molar-refractivity contribution >= 4 is 22.8 Å². The Bertz CT molecular complexity index is 1040. The molecule has 3 aromatic rings. The van der Waals surface area contributed by atoms with E-state index in [4.69, 9.17) is 0 Å². The second-order valence-corrected chi connectivity index (χ2v) is 7.52. The van der Waals surface area contributed by atoms with Gasteiger partial charge in [0, 0.05) is 28.2 Å². The minimum atomic E-state index is -0.923. The molecule has 6 heteroatoms. The van der Waals surface area contributed by atoms with E-state index in [1.165, 1.54) is 0 Å². The number of aromatic carboxylic acids is 1. The standard InChI is InChI=1S/C21H19N3O2S/c1-13-11-18(20-23-22-19(27-20)15-7-4-3-5-8-15)14(2)24(13)17-10-6-9-16(12-17)21(25)26/h3-12,20,23H,1-2H3,(H,25,26)/t20-/m1/s1. The number of hydrogen-bond donors (Lipinski definition) is 2. The van der Waals surface area contributed by atoms with Crippen LogP contribution in [0.5, 0.6) is 0 Å². The minimum Gasteiger partial charge on any atom is -0.478 e. The van der Waals surface area contributed by atoms with Crippen molar-refractivity contribution in [2.75, 3.05) is 0 Å². The molecule has 0 saturated heterocycles. The third kappa shape index (κ3) is 3.24. The third-order valence-electron chi connectivity index (χ3n) is 4.64. The molecule has 1 atom stereocenters. The lowest BCUT2D eigenvalue weighted by molar-refractivity contribution is 0.0697. The maximum Gasteiger partial charge on any atom is 0.335 e. The molecule has 0 saturated carbocycles. The number of rotatable bonds is 4. The number of nitrogens with one attached hydrogen (secondary N) is 1. The van der Waals surface area contributed by atoms with Gasteiger partial charge < -0.3 is 9.67 Å². The molecular formula is C21H19N3O2S. The third-order valence-corrected chi connectivity index (χ3v) is 5.78. The summed E-state index contributed by atoms with van der Waals surface area (Å²) in [6, 6.07) is 19.3. The maximum absolute atomic E-state index is 11.3. The van der Waals surface area contributed by atoms with Gasteiger partial charge >= 0.3 is 5.97 Å². The molecule has 27 heavy (non-hydrogen) atoms. The summed E-state index contributed by atoms with van der Waals surface area (Å²) in [7, 11) is 0. The van der Waals surface area contributed by atoms with Gasteiger partial charge in [-0.25, -0.2) is 4.79 Å². The summed E-state index contributed by atoms with van der Waals surface area (Å²) < 4.78 is 2.09. The van der Waals surface area contributed by atoms with Crippen LogP contribution in [0.15, 0.2) is 65.8 Å². The van der Waals surface area contributed by atoms with Gasteiger partial charge in [0.05, 0.1) is 5.56 Å². The Balaban J connectivity index is 1.65. The Kier molecular flexibility index (Phi) is 4.49. The van der Waals surface area contributed by atoms with Gasteiger partial charge in [-0.15, -0.1) is 0 Å². The molecule has 2 N–H and O–H groups in total. The molecule has 0 fully saturated rings. The van der Waals surface area contributed by atoms with Crippen molar-refractivity contribution in [2.24, 2.45) is 5.10 Å². The number of benzene rings is 2. The Morgan fingerprint density at radius 1 is 1.11 bits per heavy atom. The fourth-order valence-electron chi connectivity index (χ4n) is 3.36. The lowest BCUT2D eigenvalue weighted by Crippen LogP contribution is -2.08. The lowest BCUT2D eigenvalue weighted by Gasteiger charge is -2.13. The van der Waals surface area contributed by atoms with Crippen LogP contribution >= 0.6 is 11.8 Å². The molecule has 136 valence electrons. The molecule has 2 aromatic carbocycles. The van der Waals surface area contributed by atoms with Crippen molar-refractivity contribution in [1.29, 1.82) is 0 Å². The second-order valence-electron chi connectivity index (χ2n) is 6.43. The molecule has 2 heterocycles. The van der Waals surface area contributed by atoms with Crippen LogP contribution in [-0.4, -0.2) is 20.7 Å². The molecule has 1 aliphatic heterocycles. The smallest absolute Gasteiger partial charge is 0.335 e. The van der Waals surface area contributed by atoms with Crippen molar-refractivity contribution in [3.05, 3.63) is 88.7 Å². The molecule has 1 aromatic heterocycles. The van der Waals surface area contributed by atoms with Crippen LogP contribution in [0.25, 0.3) is 5.69 Å². The number of hydrogen-bond acceptors (Lipinski definition) is 4. The Morgan fingerprint density at radius 3 is 2.63 bits per heavy atom. The molecule has 5 nitrogen and oxygen atoms in total. The van der Waals surface area contributed by atoms with Gasteiger partial charge in [0.2, 0.25) is 0 Å². The van der Waals surface area contributed by atoms with Crippen LogP contribution in [0.4, 0.5) is 0 Å². The van der Waals surface area contributed by atoms with Gasteiger partial charge in [-0.2, -0.15) is 5.10 Å². The highest BCUT2D eigenvalue weighted by Crippen LogP contribution is 2.37. The zero-order valence-corrected chi connectivity index (χ0v) is 15.8. The van der Waals surface area contributed by atoms with Gasteiger partial charge in [-0.1, -0.05) is 48.2 Å². The summed E-state index contributed by atoms with van der Waals surface area (Å²) in [6.07, 6.45) is 0. The van der Waals surface area contributed by atoms with Gasteiger partial charge in [-0.3, -0.25) is 5.43 Å². The van der Waals surface area contributed by atoms with Crippen LogP contribution in [0.1, 0.15) is 38.2 Å². The van der Waals surface area contributed by atoms with E-state index < -0.39 is 5.97 Å². The molecule has 0 spiro atoms. The normalized spacial score (nSPS) is 16.1. The fourth-order valence-corrected chi connectivity index (χ4v) is 4.43. The SMILES string of the molecule is Cc1cc([C@@H]2NN=C(c3ccccc3)S2)c(C)n1-c1cccc(C(=O)O)c1. The van der Waals surface area contributed by atoms with E-state index in [1.807, 2.05) is 31.2 Å². The minimum absolute atomic E-state index is 0.0304. The molecular weight excluding hydrogens is 358 g/mol. The zero-order chi connectivity index (χ0) is 19.0. The fraction of sp³-hybridized carbons (Fsp3) is 0.143. The Labute approximate surface area is 161 Å². The van der Waals surface area contributed by atoms with Gasteiger partial charge in [0.25, 0.3) is 0 Å². The first-order chi connectivity index (χ1) is 13.0. The number of carboxylic acid groups (broad SMARTS) is 1. The van der Waals surface area contributed by atoms with Gasteiger partial charge in [-0.05, 0) is 38.1 Å². The number of carboxylic acids is 1. The average molecular weight is 377 g/mol. The van der Waals surface area contributed by atoms with Crippen LogP contribution < -0.4 is 5.43 Å². The van der Waals surface area contributed by atoms with Crippen LogP contribution in [0.3, 0.4) is 0 Å². The first-order valence-corrected chi connectivity index (χ1v) is 9.50. The lowest BCUT2D eigenvalue weighted by atomic mass is 10.2. The predicted octanol–water partition coefficient (Wildman–Crippen LogP) is 4.49.